The highest BCUT2D eigenvalue weighted by Gasteiger charge is 2.07. The number of rotatable bonds is 2. The second-order valence-corrected chi connectivity index (χ2v) is 5.59. The number of aromatic hydroxyl groups is 1. The van der Waals surface area contributed by atoms with Crippen LogP contribution >= 0.6 is 0 Å². The minimum atomic E-state index is -0.316. The fourth-order valence-electron chi connectivity index (χ4n) is 2.47. The topological polar surface area (TPSA) is 61.4 Å². The van der Waals surface area contributed by atoms with Gasteiger partial charge in [-0.1, -0.05) is 24.3 Å². The summed E-state index contributed by atoms with van der Waals surface area (Å²) in [6.45, 7) is 4.04. The fraction of sp³-hybridized carbons (Fsp3) is 0.105. The van der Waals surface area contributed by atoms with E-state index < -0.39 is 0 Å². The lowest BCUT2D eigenvalue weighted by Gasteiger charge is -2.11. The molecule has 0 aromatic heterocycles. The molecule has 116 valence electrons. The number of urea groups is 1. The van der Waals surface area contributed by atoms with E-state index in [0.29, 0.717) is 5.69 Å². The molecule has 0 radical (unpaired) electrons. The molecule has 4 nitrogen and oxygen atoms in total. The van der Waals surface area contributed by atoms with Gasteiger partial charge in [-0.15, -0.1) is 0 Å². The van der Waals surface area contributed by atoms with Crippen molar-refractivity contribution >= 4 is 28.2 Å². The molecule has 0 bridgehead atoms. The second kappa shape index (κ2) is 6.01. The minimum absolute atomic E-state index is 0.168. The molecule has 3 N–H and O–H groups in total. The number of hydrogen-bond acceptors (Lipinski definition) is 2. The Hall–Kier alpha value is -3.01. The second-order valence-electron chi connectivity index (χ2n) is 5.59. The molecule has 0 unspecified atom stereocenters. The lowest BCUT2D eigenvalue weighted by molar-refractivity contribution is 0.262. The number of carbonyl (C=O) groups excluding carboxylic acids is 1. The van der Waals surface area contributed by atoms with Gasteiger partial charge >= 0.3 is 6.03 Å². The molecule has 0 aliphatic rings. The molecule has 2 amide bonds. The first kappa shape index (κ1) is 14.9. The van der Waals surface area contributed by atoms with Crippen LogP contribution in [0.3, 0.4) is 0 Å². The molecule has 0 fully saturated rings. The van der Waals surface area contributed by atoms with Gasteiger partial charge in [0.2, 0.25) is 0 Å². The maximum absolute atomic E-state index is 12.2. The maximum Gasteiger partial charge on any atom is 0.323 e. The maximum atomic E-state index is 12.2. The first-order chi connectivity index (χ1) is 11.0. The number of hydrogen-bond donors (Lipinski definition) is 3. The van der Waals surface area contributed by atoms with Crippen LogP contribution < -0.4 is 10.6 Å². The molecule has 0 saturated carbocycles. The zero-order valence-corrected chi connectivity index (χ0v) is 13.1. The Balaban J connectivity index is 1.82. The van der Waals surface area contributed by atoms with Gasteiger partial charge in [-0.05, 0) is 60.7 Å². The number of amides is 2. The number of phenols is 1. The summed E-state index contributed by atoms with van der Waals surface area (Å²) in [5.74, 6) is 0.168. The van der Waals surface area contributed by atoms with Gasteiger partial charge < -0.3 is 15.7 Å². The summed E-state index contributed by atoms with van der Waals surface area (Å²) >= 11 is 0. The van der Waals surface area contributed by atoms with Crippen molar-refractivity contribution in [3.05, 3.63) is 65.7 Å². The van der Waals surface area contributed by atoms with Crippen LogP contribution in [0.1, 0.15) is 11.1 Å². The first-order valence-electron chi connectivity index (χ1n) is 7.40. The lowest BCUT2D eigenvalue weighted by Crippen LogP contribution is -2.19. The van der Waals surface area contributed by atoms with Crippen molar-refractivity contribution in [3.63, 3.8) is 0 Å². The number of phenolic OH excluding ortho intramolecular Hbond substituents is 1. The van der Waals surface area contributed by atoms with E-state index in [1.165, 1.54) is 5.56 Å². The van der Waals surface area contributed by atoms with Crippen LogP contribution in [0.15, 0.2) is 54.6 Å². The van der Waals surface area contributed by atoms with E-state index in [-0.39, 0.29) is 11.8 Å². The van der Waals surface area contributed by atoms with Crippen LogP contribution in [0, 0.1) is 13.8 Å². The third kappa shape index (κ3) is 3.26. The van der Waals surface area contributed by atoms with Crippen molar-refractivity contribution in [2.45, 2.75) is 13.8 Å². The van der Waals surface area contributed by atoms with E-state index >= 15 is 0 Å². The van der Waals surface area contributed by atoms with E-state index in [0.717, 1.165) is 22.0 Å². The predicted octanol–water partition coefficient (Wildman–Crippen LogP) is 4.81. The van der Waals surface area contributed by atoms with Crippen LogP contribution in [-0.2, 0) is 0 Å². The van der Waals surface area contributed by atoms with Crippen LogP contribution in [0.5, 0.6) is 5.75 Å². The minimum Gasteiger partial charge on any atom is -0.508 e. The Labute approximate surface area is 134 Å². The predicted molar refractivity (Wildman–Crippen MR) is 94.2 cm³/mol. The summed E-state index contributed by atoms with van der Waals surface area (Å²) in [5, 5.41) is 17.1. The molecule has 23 heavy (non-hydrogen) atoms. The smallest absolute Gasteiger partial charge is 0.323 e. The molecular weight excluding hydrogens is 288 g/mol. The van der Waals surface area contributed by atoms with Gasteiger partial charge in [0.05, 0.1) is 5.69 Å². The van der Waals surface area contributed by atoms with Crippen molar-refractivity contribution in [2.24, 2.45) is 0 Å². The van der Waals surface area contributed by atoms with Crippen molar-refractivity contribution < 1.29 is 9.90 Å². The van der Waals surface area contributed by atoms with E-state index in [9.17, 15) is 9.90 Å². The SMILES string of the molecule is Cc1ccc(NC(=O)Nc2cccc3ccc(O)cc23)cc1C. The largest absolute Gasteiger partial charge is 0.508 e. The van der Waals surface area contributed by atoms with Gasteiger partial charge in [0.1, 0.15) is 5.75 Å². The Morgan fingerprint density at radius 1 is 0.913 bits per heavy atom. The normalized spacial score (nSPS) is 10.5. The van der Waals surface area contributed by atoms with Gasteiger partial charge in [0.15, 0.2) is 0 Å². The molecular formula is C19H18N2O2. The highest BCUT2D eigenvalue weighted by molar-refractivity contribution is 6.06. The molecule has 0 heterocycles. The molecule has 0 aliphatic heterocycles. The van der Waals surface area contributed by atoms with E-state index in [1.54, 1.807) is 12.1 Å². The molecule has 3 aromatic carbocycles. The molecule has 0 atom stereocenters. The van der Waals surface area contributed by atoms with Gasteiger partial charge in [0, 0.05) is 11.1 Å². The quantitative estimate of drug-likeness (QED) is 0.636. The molecule has 0 saturated heterocycles. The number of nitrogens with one attached hydrogen (secondary N) is 2. The highest BCUT2D eigenvalue weighted by Crippen LogP contribution is 2.27. The van der Waals surface area contributed by atoms with E-state index in [2.05, 4.69) is 10.6 Å². The van der Waals surface area contributed by atoms with Gasteiger partial charge in [-0.2, -0.15) is 0 Å². The summed E-state index contributed by atoms with van der Waals surface area (Å²) in [6, 6.07) is 16.2. The van der Waals surface area contributed by atoms with Gasteiger partial charge in [-0.25, -0.2) is 4.79 Å². The van der Waals surface area contributed by atoms with Crippen LogP contribution in [0.25, 0.3) is 10.8 Å². The Morgan fingerprint density at radius 3 is 2.52 bits per heavy atom. The zero-order chi connectivity index (χ0) is 16.4. The number of benzene rings is 3. The Kier molecular flexibility index (Phi) is 3.89. The zero-order valence-electron chi connectivity index (χ0n) is 13.1. The molecule has 3 rings (SSSR count). The average Bonchev–Trinajstić information content (AvgIpc) is 2.51. The van der Waals surface area contributed by atoms with Crippen LogP contribution in [0.4, 0.5) is 16.2 Å². The number of anilines is 2. The van der Waals surface area contributed by atoms with Crippen molar-refractivity contribution in [2.75, 3.05) is 10.6 Å². The van der Waals surface area contributed by atoms with Crippen LogP contribution in [-0.4, -0.2) is 11.1 Å². The summed E-state index contributed by atoms with van der Waals surface area (Å²) < 4.78 is 0. The Bertz CT molecular complexity index is 888. The number of carbonyl (C=O) groups is 1. The fourth-order valence-corrected chi connectivity index (χ4v) is 2.47. The van der Waals surface area contributed by atoms with Crippen molar-refractivity contribution in [1.82, 2.24) is 0 Å². The lowest BCUT2D eigenvalue weighted by atomic mass is 10.1. The van der Waals surface area contributed by atoms with Gasteiger partial charge in [0.25, 0.3) is 0 Å². The standard InChI is InChI=1S/C19H18N2O2/c1-12-6-8-15(10-13(12)2)20-19(23)21-18-5-3-4-14-7-9-16(22)11-17(14)18/h3-11,22H,1-2H3,(H2,20,21,23). The molecule has 3 aromatic rings. The molecule has 4 heteroatoms. The average molecular weight is 306 g/mol. The highest BCUT2D eigenvalue weighted by atomic mass is 16.3. The summed E-state index contributed by atoms with van der Waals surface area (Å²) in [7, 11) is 0. The third-order valence-corrected chi connectivity index (χ3v) is 3.88. The van der Waals surface area contributed by atoms with E-state index in [1.807, 2.05) is 56.3 Å². The van der Waals surface area contributed by atoms with Crippen molar-refractivity contribution in [3.8, 4) is 5.75 Å². The monoisotopic (exact) mass is 306 g/mol. The molecule has 0 spiro atoms. The molecule has 0 aliphatic carbocycles. The third-order valence-electron chi connectivity index (χ3n) is 3.88. The van der Waals surface area contributed by atoms with E-state index in [4.69, 9.17) is 0 Å². The van der Waals surface area contributed by atoms with Gasteiger partial charge in [-0.3, -0.25) is 0 Å². The number of aryl methyl sites for hydroxylation is 2. The first-order valence-corrected chi connectivity index (χ1v) is 7.40. The van der Waals surface area contributed by atoms with Crippen LogP contribution in [0.2, 0.25) is 0 Å². The number of fused-ring (bicyclic) bond motifs is 1. The summed E-state index contributed by atoms with van der Waals surface area (Å²) in [4.78, 5) is 12.2. The van der Waals surface area contributed by atoms with Crippen molar-refractivity contribution in [1.29, 1.82) is 0 Å². The summed E-state index contributed by atoms with van der Waals surface area (Å²) in [5.41, 5.74) is 3.70. The summed E-state index contributed by atoms with van der Waals surface area (Å²) in [6.07, 6.45) is 0. The Morgan fingerprint density at radius 2 is 1.74 bits per heavy atom.